The van der Waals surface area contributed by atoms with E-state index in [4.69, 9.17) is 21.4 Å². The van der Waals surface area contributed by atoms with Crippen LogP contribution in [-0.2, 0) is 0 Å². The molecule has 1 aromatic heterocycles. The number of rotatable bonds is 2. The average Bonchev–Trinajstić information content (AvgIpc) is 1.97. The zero-order valence-electron chi connectivity index (χ0n) is 6.91. The molecule has 0 bridgehead atoms. The number of hydrogen-bond donors (Lipinski definition) is 1. The second kappa shape index (κ2) is 3.74. The van der Waals surface area contributed by atoms with E-state index in [-0.39, 0.29) is 0 Å². The van der Waals surface area contributed by atoms with Crippen molar-refractivity contribution in [2.24, 2.45) is 0 Å². The lowest BCUT2D eigenvalue weighted by Gasteiger charge is -2.11. The summed E-state index contributed by atoms with van der Waals surface area (Å²) in [6, 6.07) is 1.62. The molecule has 1 heterocycles. The highest BCUT2D eigenvalue weighted by Crippen LogP contribution is 2.26. The van der Waals surface area contributed by atoms with Gasteiger partial charge in [0, 0.05) is 6.20 Å². The van der Waals surface area contributed by atoms with Crippen LogP contribution >= 0.6 is 11.6 Å². The normalized spacial score (nSPS) is 12.7. The van der Waals surface area contributed by atoms with Crippen molar-refractivity contribution in [3.8, 4) is 5.75 Å². The highest BCUT2D eigenvalue weighted by Gasteiger charge is 2.07. The molecule has 4 heteroatoms. The second-order valence-corrected chi connectivity index (χ2v) is 2.83. The third-order valence-corrected chi connectivity index (χ3v) is 1.62. The quantitative estimate of drug-likeness (QED) is 0.718. The van der Waals surface area contributed by atoms with Crippen molar-refractivity contribution in [2.75, 3.05) is 0 Å². The molecule has 0 aromatic carbocycles. The van der Waals surface area contributed by atoms with Gasteiger partial charge in [0.1, 0.15) is 0 Å². The summed E-state index contributed by atoms with van der Waals surface area (Å²) in [5, 5.41) is 9.41. The van der Waals surface area contributed by atoms with E-state index in [2.05, 4.69) is 4.98 Å². The molecule has 0 saturated carbocycles. The van der Waals surface area contributed by atoms with Gasteiger partial charge in [0.05, 0.1) is 10.7 Å². The average molecular weight is 188 g/mol. The molecule has 66 valence electrons. The Morgan fingerprint density at radius 1 is 1.67 bits per heavy atom. The van der Waals surface area contributed by atoms with Crippen LogP contribution in [0, 0.1) is 6.92 Å². The van der Waals surface area contributed by atoms with Gasteiger partial charge in [0.15, 0.2) is 12.0 Å². The second-order valence-electron chi connectivity index (χ2n) is 2.42. The van der Waals surface area contributed by atoms with Crippen LogP contribution in [0.15, 0.2) is 12.3 Å². The molecule has 3 nitrogen and oxygen atoms in total. The first kappa shape index (κ1) is 9.29. The summed E-state index contributed by atoms with van der Waals surface area (Å²) in [5.41, 5.74) is 0.670. The van der Waals surface area contributed by atoms with Crippen molar-refractivity contribution in [3.63, 3.8) is 0 Å². The maximum atomic E-state index is 8.95. The van der Waals surface area contributed by atoms with Crippen molar-refractivity contribution in [1.29, 1.82) is 0 Å². The molecule has 0 saturated heterocycles. The minimum Gasteiger partial charge on any atom is -0.462 e. The van der Waals surface area contributed by atoms with E-state index in [0.29, 0.717) is 16.5 Å². The van der Waals surface area contributed by atoms with E-state index in [1.165, 1.54) is 6.92 Å². The first-order chi connectivity index (χ1) is 5.61. The summed E-state index contributed by atoms with van der Waals surface area (Å²) in [5.74, 6) is 0.439. The topological polar surface area (TPSA) is 42.4 Å². The predicted molar refractivity (Wildman–Crippen MR) is 46.3 cm³/mol. The van der Waals surface area contributed by atoms with Gasteiger partial charge in [0.2, 0.25) is 0 Å². The van der Waals surface area contributed by atoms with E-state index in [0.717, 1.165) is 0 Å². The van der Waals surface area contributed by atoms with Gasteiger partial charge in [-0.25, -0.2) is 0 Å². The van der Waals surface area contributed by atoms with E-state index in [9.17, 15) is 0 Å². The fourth-order valence-corrected chi connectivity index (χ4v) is 1.07. The molecule has 0 aliphatic heterocycles. The van der Waals surface area contributed by atoms with Gasteiger partial charge < -0.3 is 9.84 Å². The van der Waals surface area contributed by atoms with Crippen LogP contribution in [-0.4, -0.2) is 16.4 Å². The van der Waals surface area contributed by atoms with Gasteiger partial charge in [-0.05, 0) is 19.9 Å². The van der Waals surface area contributed by atoms with Crippen molar-refractivity contribution in [1.82, 2.24) is 4.98 Å². The standard InChI is InChI=1S/C8H10ClNO2/c1-5-8(12-6(2)11)7(9)3-4-10-5/h3-4,6,11H,1-2H3. The van der Waals surface area contributed by atoms with Crippen molar-refractivity contribution >= 4 is 11.6 Å². The number of aromatic nitrogens is 1. The zero-order valence-corrected chi connectivity index (χ0v) is 7.67. The van der Waals surface area contributed by atoms with Gasteiger partial charge in [-0.3, -0.25) is 4.98 Å². The number of hydrogen-bond acceptors (Lipinski definition) is 3. The minimum atomic E-state index is -0.870. The molecular formula is C8H10ClNO2. The number of nitrogens with zero attached hydrogens (tertiary/aromatic N) is 1. The summed E-state index contributed by atoms with van der Waals surface area (Å²) in [4.78, 5) is 3.97. The minimum absolute atomic E-state index is 0.439. The molecule has 1 atom stereocenters. The third-order valence-electron chi connectivity index (χ3n) is 1.32. The monoisotopic (exact) mass is 187 g/mol. The fraction of sp³-hybridized carbons (Fsp3) is 0.375. The first-order valence-corrected chi connectivity index (χ1v) is 3.95. The van der Waals surface area contributed by atoms with E-state index in [1.54, 1.807) is 19.2 Å². The van der Waals surface area contributed by atoms with Crippen LogP contribution in [0.3, 0.4) is 0 Å². The Hall–Kier alpha value is -0.800. The molecule has 1 unspecified atom stereocenters. The summed E-state index contributed by atoms with van der Waals surface area (Å²) < 4.78 is 5.04. The number of pyridine rings is 1. The van der Waals surface area contributed by atoms with Gasteiger partial charge in [0.25, 0.3) is 0 Å². The van der Waals surface area contributed by atoms with Gasteiger partial charge in [-0.15, -0.1) is 0 Å². The molecule has 12 heavy (non-hydrogen) atoms. The summed E-state index contributed by atoms with van der Waals surface area (Å²) in [6.07, 6.45) is 0.720. The van der Waals surface area contributed by atoms with Gasteiger partial charge >= 0.3 is 0 Å². The largest absolute Gasteiger partial charge is 0.462 e. The predicted octanol–water partition coefficient (Wildman–Crippen LogP) is 1.76. The van der Waals surface area contributed by atoms with Crippen LogP contribution < -0.4 is 4.74 Å². The van der Waals surface area contributed by atoms with Crippen LogP contribution in [0.25, 0.3) is 0 Å². The van der Waals surface area contributed by atoms with E-state index in [1.807, 2.05) is 0 Å². The number of ether oxygens (including phenoxy) is 1. The fourth-order valence-electron chi connectivity index (χ4n) is 0.834. The molecule has 0 spiro atoms. The van der Waals surface area contributed by atoms with Crippen molar-refractivity contribution in [3.05, 3.63) is 23.0 Å². The lowest BCUT2D eigenvalue weighted by molar-refractivity contribution is -0.00105. The summed E-state index contributed by atoms with van der Waals surface area (Å²) >= 11 is 5.80. The highest BCUT2D eigenvalue weighted by atomic mass is 35.5. The zero-order chi connectivity index (χ0) is 9.14. The lowest BCUT2D eigenvalue weighted by Crippen LogP contribution is -2.11. The Morgan fingerprint density at radius 2 is 2.33 bits per heavy atom. The molecule has 0 fully saturated rings. The Bertz CT molecular complexity index is 256. The molecule has 0 aliphatic carbocycles. The maximum Gasteiger partial charge on any atom is 0.194 e. The Labute approximate surface area is 76.0 Å². The number of aryl methyl sites for hydroxylation is 1. The van der Waals surface area contributed by atoms with Crippen molar-refractivity contribution < 1.29 is 9.84 Å². The van der Waals surface area contributed by atoms with Crippen molar-refractivity contribution in [2.45, 2.75) is 20.1 Å². The molecule has 1 N–H and O–H groups in total. The van der Waals surface area contributed by atoms with Crippen LogP contribution in [0.2, 0.25) is 5.02 Å². The lowest BCUT2D eigenvalue weighted by atomic mass is 10.3. The Balaban J connectivity index is 2.96. The highest BCUT2D eigenvalue weighted by molar-refractivity contribution is 6.32. The van der Waals surface area contributed by atoms with Crippen LogP contribution in [0.1, 0.15) is 12.6 Å². The van der Waals surface area contributed by atoms with Gasteiger partial charge in [-0.2, -0.15) is 0 Å². The number of aliphatic hydroxyl groups excluding tert-OH is 1. The molecular weight excluding hydrogens is 178 g/mol. The first-order valence-electron chi connectivity index (χ1n) is 3.57. The Morgan fingerprint density at radius 3 is 2.83 bits per heavy atom. The molecule has 1 rings (SSSR count). The van der Waals surface area contributed by atoms with E-state index >= 15 is 0 Å². The SMILES string of the molecule is Cc1nccc(Cl)c1OC(C)O. The maximum absolute atomic E-state index is 8.95. The summed E-state index contributed by atoms with van der Waals surface area (Å²) in [7, 11) is 0. The summed E-state index contributed by atoms with van der Waals surface area (Å²) in [6.45, 7) is 3.28. The molecule has 0 amide bonds. The number of halogens is 1. The van der Waals surface area contributed by atoms with Gasteiger partial charge in [-0.1, -0.05) is 11.6 Å². The van der Waals surface area contributed by atoms with Crippen LogP contribution in [0.4, 0.5) is 0 Å². The molecule has 0 radical (unpaired) electrons. The molecule has 0 aliphatic rings. The Kier molecular flexibility index (Phi) is 2.89. The third kappa shape index (κ3) is 2.09. The smallest absolute Gasteiger partial charge is 0.194 e. The number of aliphatic hydroxyl groups is 1. The van der Waals surface area contributed by atoms with E-state index < -0.39 is 6.29 Å². The molecule has 1 aromatic rings. The van der Waals surface area contributed by atoms with Crippen LogP contribution in [0.5, 0.6) is 5.75 Å².